The molecule has 1 aliphatic heterocycles. The third-order valence-corrected chi connectivity index (χ3v) is 3.80. The number of carbonyl (C=O) groups excluding carboxylic acids is 1. The van der Waals surface area contributed by atoms with Gasteiger partial charge in [-0.05, 0) is 30.3 Å². The van der Waals surface area contributed by atoms with Crippen LogP contribution in [0.3, 0.4) is 0 Å². The van der Waals surface area contributed by atoms with E-state index in [9.17, 15) is 4.79 Å². The summed E-state index contributed by atoms with van der Waals surface area (Å²) in [5, 5.41) is 6.02. The molecule has 114 valence electrons. The highest BCUT2D eigenvalue weighted by Gasteiger charge is 2.19. The maximum absolute atomic E-state index is 11.9. The van der Waals surface area contributed by atoms with Crippen LogP contribution < -0.4 is 10.6 Å². The van der Waals surface area contributed by atoms with Crippen LogP contribution in [0.15, 0.2) is 48.8 Å². The Hall–Kier alpha value is -3.15. The Balaban J connectivity index is 1.65. The van der Waals surface area contributed by atoms with Crippen LogP contribution in [0.25, 0.3) is 11.3 Å². The number of aromatic amines is 1. The minimum Gasteiger partial charge on any atom is -0.358 e. The summed E-state index contributed by atoms with van der Waals surface area (Å²) < 4.78 is 0. The summed E-state index contributed by atoms with van der Waals surface area (Å²) in [6, 6.07) is 11.4. The molecule has 0 saturated carbocycles. The third kappa shape index (κ3) is 2.66. The fraction of sp³-hybridized carbons (Fsp3) is 0.118. The number of pyridine rings is 2. The lowest BCUT2D eigenvalue weighted by Gasteiger charge is -2.11. The summed E-state index contributed by atoms with van der Waals surface area (Å²) in [5.41, 5.74) is 3.60. The second-order valence-corrected chi connectivity index (χ2v) is 5.35. The van der Waals surface area contributed by atoms with E-state index in [-0.39, 0.29) is 5.91 Å². The topological polar surface area (TPSA) is 82.7 Å². The fourth-order valence-corrected chi connectivity index (χ4v) is 2.68. The quantitative estimate of drug-likeness (QED) is 0.694. The summed E-state index contributed by atoms with van der Waals surface area (Å²) in [6.07, 6.45) is 4.29. The molecule has 4 rings (SSSR count). The number of nitrogens with zero attached hydrogens (tertiary/aromatic N) is 2. The molecule has 4 heterocycles. The van der Waals surface area contributed by atoms with E-state index >= 15 is 0 Å². The summed E-state index contributed by atoms with van der Waals surface area (Å²) in [7, 11) is 0. The molecule has 23 heavy (non-hydrogen) atoms. The number of anilines is 2. The van der Waals surface area contributed by atoms with E-state index in [4.69, 9.17) is 0 Å². The van der Waals surface area contributed by atoms with E-state index in [1.54, 1.807) is 12.4 Å². The van der Waals surface area contributed by atoms with Gasteiger partial charge in [-0.3, -0.25) is 4.79 Å². The molecule has 0 saturated heterocycles. The van der Waals surface area contributed by atoms with Crippen molar-refractivity contribution >= 4 is 17.5 Å². The molecule has 1 aliphatic rings. The Morgan fingerprint density at radius 1 is 1.04 bits per heavy atom. The van der Waals surface area contributed by atoms with Crippen LogP contribution in [-0.4, -0.2) is 27.4 Å². The van der Waals surface area contributed by atoms with Gasteiger partial charge in [-0.2, -0.15) is 0 Å². The maximum atomic E-state index is 11.9. The van der Waals surface area contributed by atoms with E-state index in [2.05, 4.69) is 25.6 Å². The Morgan fingerprint density at radius 3 is 2.78 bits per heavy atom. The summed E-state index contributed by atoms with van der Waals surface area (Å²) in [5.74, 6) is 1.43. The molecule has 0 unspecified atom stereocenters. The Labute approximate surface area is 133 Å². The number of hydrogen-bond donors (Lipinski definition) is 3. The SMILES string of the molecule is O=C1NCCc2[nH]c(-c3ccnc(Nc4ccccn4)c3)cc21. The highest BCUT2D eigenvalue weighted by Crippen LogP contribution is 2.25. The predicted octanol–water partition coefficient (Wildman–Crippen LogP) is 2.50. The third-order valence-electron chi connectivity index (χ3n) is 3.80. The van der Waals surface area contributed by atoms with Crippen LogP contribution in [0.5, 0.6) is 0 Å². The first kappa shape index (κ1) is 13.5. The average molecular weight is 305 g/mol. The van der Waals surface area contributed by atoms with Gasteiger partial charge in [0, 0.05) is 42.3 Å². The lowest BCUT2D eigenvalue weighted by Crippen LogP contribution is -2.31. The van der Waals surface area contributed by atoms with Crippen LogP contribution >= 0.6 is 0 Å². The monoisotopic (exact) mass is 305 g/mol. The normalized spacial score (nSPS) is 13.3. The number of rotatable bonds is 3. The highest BCUT2D eigenvalue weighted by molar-refractivity contribution is 5.97. The number of H-pyrrole nitrogens is 1. The van der Waals surface area contributed by atoms with Crippen molar-refractivity contribution in [3.05, 3.63) is 60.0 Å². The van der Waals surface area contributed by atoms with E-state index in [1.165, 1.54) is 0 Å². The molecule has 0 atom stereocenters. The van der Waals surface area contributed by atoms with Gasteiger partial charge < -0.3 is 15.6 Å². The van der Waals surface area contributed by atoms with E-state index in [0.29, 0.717) is 12.4 Å². The summed E-state index contributed by atoms with van der Waals surface area (Å²) in [6.45, 7) is 0.675. The average Bonchev–Trinajstić information content (AvgIpc) is 3.02. The minimum absolute atomic E-state index is 0.0189. The molecule has 1 amide bonds. The zero-order chi connectivity index (χ0) is 15.6. The first-order valence-corrected chi connectivity index (χ1v) is 7.44. The predicted molar refractivity (Wildman–Crippen MR) is 87.6 cm³/mol. The second-order valence-electron chi connectivity index (χ2n) is 5.35. The first-order valence-electron chi connectivity index (χ1n) is 7.44. The maximum Gasteiger partial charge on any atom is 0.253 e. The van der Waals surface area contributed by atoms with Gasteiger partial charge >= 0.3 is 0 Å². The van der Waals surface area contributed by atoms with Crippen molar-refractivity contribution in [2.75, 3.05) is 11.9 Å². The van der Waals surface area contributed by atoms with E-state index in [1.807, 2.05) is 36.4 Å². The summed E-state index contributed by atoms with van der Waals surface area (Å²) in [4.78, 5) is 23.8. The number of nitrogens with one attached hydrogen (secondary N) is 3. The molecule has 0 fully saturated rings. The van der Waals surface area contributed by atoms with E-state index < -0.39 is 0 Å². The smallest absolute Gasteiger partial charge is 0.253 e. The van der Waals surface area contributed by atoms with Crippen molar-refractivity contribution in [1.29, 1.82) is 0 Å². The Bertz CT molecular complexity index is 856. The van der Waals surface area contributed by atoms with Gasteiger partial charge in [0.05, 0.1) is 5.56 Å². The number of hydrogen-bond acceptors (Lipinski definition) is 4. The number of aromatic nitrogens is 3. The van der Waals surface area contributed by atoms with Gasteiger partial charge in [0.2, 0.25) is 0 Å². The summed E-state index contributed by atoms with van der Waals surface area (Å²) >= 11 is 0. The number of amides is 1. The standard InChI is InChI=1S/C17H15N5O/c23-17-12-10-14(21-13(12)5-8-20-17)11-4-7-19-16(9-11)22-15-3-1-2-6-18-15/h1-4,6-7,9-10,21H,5,8H2,(H,20,23)(H,18,19,22). The molecule has 3 aromatic rings. The molecule has 0 radical (unpaired) electrons. The van der Waals surface area contributed by atoms with Crippen molar-refractivity contribution in [2.45, 2.75) is 6.42 Å². The van der Waals surface area contributed by atoms with Gasteiger partial charge in [-0.1, -0.05) is 6.07 Å². The van der Waals surface area contributed by atoms with Crippen molar-refractivity contribution in [1.82, 2.24) is 20.3 Å². The van der Waals surface area contributed by atoms with Gasteiger partial charge in [0.25, 0.3) is 5.91 Å². The van der Waals surface area contributed by atoms with Crippen LogP contribution in [0.2, 0.25) is 0 Å². The number of fused-ring (bicyclic) bond motifs is 1. The highest BCUT2D eigenvalue weighted by atomic mass is 16.1. The molecular weight excluding hydrogens is 290 g/mol. The van der Waals surface area contributed by atoms with Crippen LogP contribution in [0.4, 0.5) is 11.6 Å². The molecule has 6 nitrogen and oxygen atoms in total. The first-order chi connectivity index (χ1) is 11.3. The van der Waals surface area contributed by atoms with E-state index in [0.717, 1.165) is 34.8 Å². The number of carbonyl (C=O) groups is 1. The fourth-order valence-electron chi connectivity index (χ4n) is 2.68. The molecule has 0 spiro atoms. The van der Waals surface area contributed by atoms with Crippen molar-refractivity contribution in [3.8, 4) is 11.3 Å². The minimum atomic E-state index is -0.0189. The molecule has 0 bridgehead atoms. The molecule has 3 N–H and O–H groups in total. The zero-order valence-electron chi connectivity index (χ0n) is 12.3. The molecule has 0 aliphatic carbocycles. The second kappa shape index (κ2) is 5.57. The van der Waals surface area contributed by atoms with Crippen LogP contribution in [0, 0.1) is 0 Å². The lowest BCUT2D eigenvalue weighted by molar-refractivity contribution is 0.0946. The molecule has 3 aromatic heterocycles. The van der Waals surface area contributed by atoms with Crippen molar-refractivity contribution in [3.63, 3.8) is 0 Å². The van der Waals surface area contributed by atoms with Crippen LogP contribution in [0.1, 0.15) is 16.1 Å². The molecule has 6 heteroatoms. The lowest BCUT2D eigenvalue weighted by atomic mass is 10.1. The van der Waals surface area contributed by atoms with Gasteiger partial charge in [0.1, 0.15) is 11.6 Å². The Kier molecular flexibility index (Phi) is 3.27. The van der Waals surface area contributed by atoms with Crippen molar-refractivity contribution < 1.29 is 4.79 Å². The van der Waals surface area contributed by atoms with Crippen LogP contribution in [-0.2, 0) is 6.42 Å². The Morgan fingerprint density at radius 2 is 1.96 bits per heavy atom. The largest absolute Gasteiger partial charge is 0.358 e. The van der Waals surface area contributed by atoms with Gasteiger partial charge in [0.15, 0.2) is 0 Å². The molecular formula is C17H15N5O. The zero-order valence-corrected chi connectivity index (χ0v) is 12.3. The van der Waals surface area contributed by atoms with Gasteiger partial charge in [-0.25, -0.2) is 9.97 Å². The van der Waals surface area contributed by atoms with Crippen molar-refractivity contribution in [2.24, 2.45) is 0 Å². The molecule has 0 aromatic carbocycles. The van der Waals surface area contributed by atoms with Gasteiger partial charge in [-0.15, -0.1) is 0 Å².